The number of carboxylic acids is 2. The van der Waals surface area contributed by atoms with Gasteiger partial charge in [-0.05, 0) is 31.4 Å². The van der Waals surface area contributed by atoms with Crippen molar-refractivity contribution in [1.82, 2.24) is 9.55 Å². The number of nitrogens with zero attached hydrogens (tertiary/aromatic N) is 1. The summed E-state index contributed by atoms with van der Waals surface area (Å²) in [7, 11) is 1.49. The minimum atomic E-state index is -1.28. The second kappa shape index (κ2) is 7.54. The summed E-state index contributed by atoms with van der Waals surface area (Å²) in [5.41, 5.74) is -0.215. The lowest BCUT2D eigenvalue weighted by atomic mass is 9.97. The van der Waals surface area contributed by atoms with E-state index in [0.29, 0.717) is 17.5 Å². The van der Waals surface area contributed by atoms with E-state index in [1.165, 1.54) is 18.5 Å². The molecule has 0 spiro atoms. The van der Waals surface area contributed by atoms with Crippen LogP contribution in [0.5, 0.6) is 0 Å². The molecule has 0 aliphatic rings. The third kappa shape index (κ3) is 3.30. The minimum absolute atomic E-state index is 0.0879. The molecule has 0 saturated carbocycles. The van der Waals surface area contributed by atoms with Crippen molar-refractivity contribution in [3.05, 3.63) is 55.1 Å². The molecular weight excluding hydrogens is 376 g/mol. The maximum absolute atomic E-state index is 12.9. The number of benzene rings is 1. The van der Waals surface area contributed by atoms with E-state index in [2.05, 4.69) is 11.9 Å². The van der Waals surface area contributed by atoms with Crippen molar-refractivity contribution in [3.8, 4) is 0 Å². The number of hydrogen-bond donors (Lipinski definition) is 3. The predicted molar refractivity (Wildman–Crippen MR) is 109 cm³/mol. The number of hydrogen-bond acceptors (Lipinski definition) is 4. The highest BCUT2D eigenvalue weighted by atomic mass is 16.4. The van der Waals surface area contributed by atoms with Crippen molar-refractivity contribution in [2.24, 2.45) is 7.05 Å². The molecule has 8 nitrogen and oxygen atoms in total. The Morgan fingerprint density at radius 2 is 1.79 bits per heavy atom. The van der Waals surface area contributed by atoms with Crippen molar-refractivity contribution in [3.63, 3.8) is 0 Å². The molecule has 3 aromatic rings. The summed E-state index contributed by atoms with van der Waals surface area (Å²) in [6.45, 7) is 3.50. The Hall–Kier alpha value is -3.42. The number of aryl methyl sites for hydroxylation is 2. The summed E-state index contributed by atoms with van der Waals surface area (Å²) < 4.78 is 1.32. The lowest BCUT2D eigenvalue weighted by molar-refractivity contribution is 0.0677. The second-order valence-corrected chi connectivity index (χ2v) is 7.16. The lowest BCUT2D eigenvalue weighted by Crippen LogP contribution is -2.22. The average molecular weight is 398 g/mol. The Bertz CT molecular complexity index is 1280. The predicted octanol–water partition coefficient (Wildman–Crippen LogP) is 2.82. The van der Waals surface area contributed by atoms with Crippen LogP contribution in [0.25, 0.3) is 21.8 Å². The van der Waals surface area contributed by atoms with Gasteiger partial charge in [0.1, 0.15) is 11.4 Å². The van der Waals surface area contributed by atoms with Gasteiger partial charge in [0.25, 0.3) is 0 Å². The first kappa shape index (κ1) is 20.3. The fraction of sp³-hybridized carbons (Fsp3) is 0.333. The smallest absolute Gasteiger partial charge is 0.352 e. The van der Waals surface area contributed by atoms with Crippen LogP contribution in [0, 0.1) is 6.92 Å². The Morgan fingerprint density at radius 1 is 1.10 bits per heavy atom. The Kier molecular flexibility index (Phi) is 5.28. The summed E-state index contributed by atoms with van der Waals surface area (Å²) >= 11 is 0. The van der Waals surface area contributed by atoms with Crippen LogP contribution in [0.1, 0.15) is 58.3 Å². The van der Waals surface area contributed by atoms with Gasteiger partial charge in [0, 0.05) is 24.1 Å². The average Bonchev–Trinajstić information content (AvgIpc) is 2.65. The lowest BCUT2D eigenvalue weighted by Gasteiger charge is -2.16. The number of H-pyrrole nitrogens is 1. The van der Waals surface area contributed by atoms with E-state index in [4.69, 9.17) is 0 Å². The van der Waals surface area contributed by atoms with Gasteiger partial charge in [0.05, 0.1) is 16.4 Å². The standard InChI is InChI=1S/C21H22N2O6/c1-4-5-6-7-11-8-12-18(23(3)17(21(28)29)10(2)19(12)25)15-14(24)9-13(20(26)27)22-16(11)15/h8-9H,4-7H2,1-3H3,(H,22,24)(H,26,27)(H,28,29). The van der Waals surface area contributed by atoms with Crippen LogP contribution in [0.15, 0.2) is 21.7 Å². The molecule has 0 radical (unpaired) electrons. The summed E-state index contributed by atoms with van der Waals surface area (Å²) in [4.78, 5) is 51.8. The van der Waals surface area contributed by atoms with Crippen molar-refractivity contribution in [1.29, 1.82) is 0 Å². The van der Waals surface area contributed by atoms with Gasteiger partial charge in [-0.25, -0.2) is 9.59 Å². The van der Waals surface area contributed by atoms with Crippen molar-refractivity contribution >= 4 is 33.7 Å². The van der Waals surface area contributed by atoms with Gasteiger partial charge in [-0.15, -0.1) is 0 Å². The molecule has 3 rings (SSSR count). The first-order chi connectivity index (χ1) is 13.7. The minimum Gasteiger partial charge on any atom is -0.477 e. The van der Waals surface area contributed by atoms with Gasteiger partial charge in [-0.2, -0.15) is 0 Å². The van der Waals surface area contributed by atoms with Crippen molar-refractivity contribution < 1.29 is 19.8 Å². The zero-order valence-corrected chi connectivity index (χ0v) is 16.5. The Labute approximate surface area is 165 Å². The number of unbranched alkanes of at least 4 members (excludes halogenated alkanes) is 2. The molecule has 2 aromatic heterocycles. The highest BCUT2D eigenvalue weighted by molar-refractivity contribution is 6.08. The summed E-state index contributed by atoms with van der Waals surface area (Å²) in [6.07, 6.45) is 3.29. The van der Waals surface area contributed by atoms with E-state index in [9.17, 15) is 29.4 Å². The third-order valence-electron chi connectivity index (χ3n) is 5.26. The van der Waals surface area contributed by atoms with E-state index in [1.807, 2.05) is 0 Å². The molecule has 2 heterocycles. The van der Waals surface area contributed by atoms with Crippen LogP contribution in [0.3, 0.4) is 0 Å². The highest BCUT2D eigenvalue weighted by Crippen LogP contribution is 2.27. The number of rotatable bonds is 6. The molecule has 0 aliphatic carbocycles. The monoisotopic (exact) mass is 398 g/mol. The van der Waals surface area contributed by atoms with Crippen LogP contribution in [-0.2, 0) is 13.5 Å². The molecule has 3 N–H and O–H groups in total. The summed E-state index contributed by atoms with van der Waals surface area (Å²) in [6, 6.07) is 2.61. The van der Waals surface area contributed by atoms with Crippen LogP contribution in [0.4, 0.5) is 0 Å². The van der Waals surface area contributed by atoms with E-state index >= 15 is 0 Å². The zero-order valence-electron chi connectivity index (χ0n) is 16.5. The Balaban J connectivity index is 2.57. The molecule has 0 bridgehead atoms. The normalized spacial score (nSPS) is 11.3. The van der Waals surface area contributed by atoms with Gasteiger partial charge in [-0.1, -0.05) is 19.8 Å². The number of aromatic nitrogens is 2. The van der Waals surface area contributed by atoms with Crippen LogP contribution in [-0.4, -0.2) is 31.7 Å². The van der Waals surface area contributed by atoms with Gasteiger partial charge in [0.15, 0.2) is 10.9 Å². The molecule has 0 amide bonds. The topological polar surface area (TPSA) is 129 Å². The molecule has 8 heteroatoms. The fourth-order valence-corrected chi connectivity index (χ4v) is 3.86. The van der Waals surface area contributed by atoms with Gasteiger partial charge >= 0.3 is 11.9 Å². The van der Waals surface area contributed by atoms with Gasteiger partial charge in [-0.3, -0.25) is 9.59 Å². The number of aromatic carboxylic acids is 2. The second-order valence-electron chi connectivity index (χ2n) is 7.16. The molecule has 0 fully saturated rings. The number of nitrogens with one attached hydrogen (secondary N) is 1. The molecular formula is C21H22N2O6. The quantitative estimate of drug-likeness (QED) is 0.432. The zero-order chi connectivity index (χ0) is 21.5. The molecule has 0 unspecified atom stereocenters. The van der Waals surface area contributed by atoms with Crippen LogP contribution < -0.4 is 10.9 Å². The van der Waals surface area contributed by atoms with Crippen molar-refractivity contribution in [2.45, 2.75) is 39.5 Å². The van der Waals surface area contributed by atoms with Gasteiger partial charge in [0.2, 0.25) is 0 Å². The summed E-state index contributed by atoms with van der Waals surface area (Å²) in [5, 5.41) is 19.3. The van der Waals surface area contributed by atoms with Gasteiger partial charge < -0.3 is 19.8 Å². The molecule has 1 aromatic carbocycles. The fourth-order valence-electron chi connectivity index (χ4n) is 3.86. The SMILES string of the molecule is CCCCCc1cc2c(=O)c(C)c(C(=O)O)n(C)c2c2c(=O)cc(C(=O)O)[nH]c12. The summed E-state index contributed by atoms with van der Waals surface area (Å²) in [5.74, 6) is -2.55. The first-order valence-corrected chi connectivity index (χ1v) is 9.37. The van der Waals surface area contributed by atoms with E-state index < -0.39 is 22.8 Å². The molecule has 0 aliphatic heterocycles. The molecule has 152 valence electrons. The van der Waals surface area contributed by atoms with Crippen LogP contribution >= 0.6 is 0 Å². The van der Waals surface area contributed by atoms with E-state index in [-0.39, 0.29) is 33.2 Å². The number of fused-ring (bicyclic) bond motifs is 3. The molecule has 0 saturated heterocycles. The number of pyridine rings is 2. The van der Waals surface area contributed by atoms with Crippen LogP contribution in [0.2, 0.25) is 0 Å². The molecule has 0 atom stereocenters. The maximum Gasteiger partial charge on any atom is 0.352 e. The van der Waals surface area contributed by atoms with E-state index in [1.54, 1.807) is 6.07 Å². The maximum atomic E-state index is 12.9. The van der Waals surface area contributed by atoms with E-state index in [0.717, 1.165) is 25.3 Å². The third-order valence-corrected chi connectivity index (χ3v) is 5.26. The number of carboxylic acid groups (broad SMARTS) is 2. The first-order valence-electron chi connectivity index (χ1n) is 9.37. The number of carbonyl (C=O) groups is 2. The number of aromatic amines is 1. The van der Waals surface area contributed by atoms with Crippen molar-refractivity contribution in [2.75, 3.05) is 0 Å². The highest BCUT2D eigenvalue weighted by Gasteiger charge is 2.22. The molecule has 29 heavy (non-hydrogen) atoms. The largest absolute Gasteiger partial charge is 0.477 e. The Morgan fingerprint density at radius 3 is 2.38 bits per heavy atom.